The Labute approximate surface area is 123 Å². The van der Waals surface area contributed by atoms with Gasteiger partial charge in [0, 0.05) is 24.0 Å². The molecule has 0 bridgehead atoms. The van der Waals surface area contributed by atoms with Crippen LogP contribution >= 0.6 is 11.3 Å². The standard InChI is InChI=1S/C15H21N3OS/c1-6-11-10(8-18(5)17-11)12(19)7-14-16-13(9-20-14)15(2,3)4/h8-9H,6-7H2,1-5H3. The number of hydrogen-bond acceptors (Lipinski definition) is 4. The fraction of sp³-hybridized carbons (Fsp3) is 0.533. The van der Waals surface area contributed by atoms with Crippen molar-refractivity contribution in [1.82, 2.24) is 14.8 Å². The maximum absolute atomic E-state index is 12.4. The third-order valence-electron chi connectivity index (χ3n) is 3.17. The lowest BCUT2D eigenvalue weighted by atomic mass is 9.93. The van der Waals surface area contributed by atoms with E-state index in [4.69, 9.17) is 0 Å². The molecule has 2 aromatic heterocycles. The van der Waals surface area contributed by atoms with Crippen molar-refractivity contribution < 1.29 is 4.79 Å². The van der Waals surface area contributed by atoms with Gasteiger partial charge in [-0.2, -0.15) is 5.10 Å². The summed E-state index contributed by atoms with van der Waals surface area (Å²) in [6, 6.07) is 0. The van der Waals surface area contributed by atoms with E-state index in [1.54, 1.807) is 22.2 Å². The van der Waals surface area contributed by atoms with Gasteiger partial charge < -0.3 is 0 Å². The first-order valence-electron chi connectivity index (χ1n) is 6.82. The number of nitrogens with zero attached hydrogens (tertiary/aromatic N) is 3. The molecule has 0 aliphatic carbocycles. The van der Waals surface area contributed by atoms with Crippen LogP contribution in [0.25, 0.3) is 0 Å². The molecule has 5 heteroatoms. The summed E-state index contributed by atoms with van der Waals surface area (Å²) in [7, 11) is 1.84. The topological polar surface area (TPSA) is 47.8 Å². The van der Waals surface area contributed by atoms with E-state index < -0.39 is 0 Å². The Kier molecular flexibility index (Phi) is 4.09. The van der Waals surface area contributed by atoms with E-state index in [9.17, 15) is 4.79 Å². The maximum Gasteiger partial charge on any atom is 0.173 e. The van der Waals surface area contributed by atoms with Crippen molar-refractivity contribution >= 4 is 17.1 Å². The van der Waals surface area contributed by atoms with Crippen LogP contribution in [0, 0.1) is 0 Å². The van der Waals surface area contributed by atoms with Gasteiger partial charge in [0.1, 0.15) is 5.01 Å². The van der Waals surface area contributed by atoms with E-state index >= 15 is 0 Å². The van der Waals surface area contributed by atoms with Crippen LogP contribution in [0.2, 0.25) is 0 Å². The van der Waals surface area contributed by atoms with Gasteiger partial charge in [-0.05, 0) is 6.42 Å². The van der Waals surface area contributed by atoms with E-state index in [1.165, 1.54) is 0 Å². The van der Waals surface area contributed by atoms with E-state index in [-0.39, 0.29) is 11.2 Å². The lowest BCUT2D eigenvalue weighted by Crippen LogP contribution is -2.12. The molecular weight excluding hydrogens is 270 g/mol. The van der Waals surface area contributed by atoms with Gasteiger partial charge in [-0.3, -0.25) is 9.48 Å². The Morgan fingerprint density at radius 3 is 2.65 bits per heavy atom. The number of rotatable bonds is 4. The molecule has 2 rings (SSSR count). The van der Waals surface area contributed by atoms with Crippen molar-refractivity contribution in [1.29, 1.82) is 0 Å². The van der Waals surface area contributed by atoms with Crippen molar-refractivity contribution in [2.45, 2.75) is 46.0 Å². The summed E-state index contributed by atoms with van der Waals surface area (Å²) in [5.74, 6) is 0.102. The molecule has 4 nitrogen and oxygen atoms in total. The molecule has 0 fully saturated rings. The Bertz CT molecular complexity index is 619. The molecule has 0 saturated carbocycles. The third kappa shape index (κ3) is 3.15. The second-order valence-electron chi connectivity index (χ2n) is 5.99. The zero-order valence-electron chi connectivity index (χ0n) is 12.7. The number of hydrogen-bond donors (Lipinski definition) is 0. The maximum atomic E-state index is 12.4. The van der Waals surface area contributed by atoms with Crippen LogP contribution in [-0.2, 0) is 25.3 Å². The Hall–Kier alpha value is -1.49. The molecule has 0 unspecified atom stereocenters. The third-order valence-corrected chi connectivity index (χ3v) is 4.02. The zero-order valence-corrected chi connectivity index (χ0v) is 13.5. The van der Waals surface area contributed by atoms with Gasteiger partial charge in [0.25, 0.3) is 0 Å². The van der Waals surface area contributed by atoms with Crippen molar-refractivity contribution in [3.8, 4) is 0 Å². The number of Topliss-reactive ketones (excluding diaryl/α,β-unsaturated/α-hetero) is 1. The van der Waals surface area contributed by atoms with Crippen LogP contribution in [-0.4, -0.2) is 20.5 Å². The summed E-state index contributed by atoms with van der Waals surface area (Å²) in [4.78, 5) is 17.0. The minimum absolute atomic E-state index is 0.0285. The lowest BCUT2D eigenvalue weighted by Gasteiger charge is -2.14. The first-order valence-corrected chi connectivity index (χ1v) is 7.69. The molecule has 0 atom stereocenters. The van der Waals surface area contributed by atoms with E-state index in [0.29, 0.717) is 6.42 Å². The second kappa shape index (κ2) is 5.48. The monoisotopic (exact) mass is 291 g/mol. The largest absolute Gasteiger partial charge is 0.294 e. The molecule has 0 aliphatic rings. The van der Waals surface area contributed by atoms with Crippen molar-refractivity contribution in [3.05, 3.63) is 33.5 Å². The molecule has 0 saturated heterocycles. The SMILES string of the molecule is CCc1nn(C)cc1C(=O)Cc1nc(C(C)(C)C)cs1. The predicted octanol–water partition coefficient (Wildman–Crippen LogP) is 3.16. The summed E-state index contributed by atoms with van der Waals surface area (Å²) in [5, 5.41) is 7.24. The van der Waals surface area contributed by atoms with Crippen molar-refractivity contribution in [2.75, 3.05) is 0 Å². The molecule has 0 spiro atoms. The fourth-order valence-electron chi connectivity index (χ4n) is 2.00. The summed E-state index contributed by atoms with van der Waals surface area (Å²) >= 11 is 1.56. The van der Waals surface area contributed by atoms with Crippen LogP contribution in [0.15, 0.2) is 11.6 Å². The number of ketones is 1. The number of aromatic nitrogens is 3. The van der Waals surface area contributed by atoms with Crippen LogP contribution < -0.4 is 0 Å². The van der Waals surface area contributed by atoms with E-state index in [1.807, 2.05) is 19.4 Å². The molecule has 0 aromatic carbocycles. The fourth-order valence-corrected chi connectivity index (χ4v) is 3.02. The molecule has 20 heavy (non-hydrogen) atoms. The Morgan fingerprint density at radius 1 is 1.40 bits per heavy atom. The van der Waals surface area contributed by atoms with Crippen LogP contribution in [0.3, 0.4) is 0 Å². The van der Waals surface area contributed by atoms with Gasteiger partial charge in [-0.15, -0.1) is 11.3 Å². The van der Waals surface area contributed by atoms with Gasteiger partial charge in [0.15, 0.2) is 5.78 Å². The molecule has 0 aliphatic heterocycles. The zero-order chi connectivity index (χ0) is 14.9. The Balaban J connectivity index is 2.17. The summed E-state index contributed by atoms with van der Waals surface area (Å²) < 4.78 is 1.70. The van der Waals surface area contributed by atoms with Gasteiger partial charge in [0.2, 0.25) is 0 Å². The van der Waals surface area contributed by atoms with Gasteiger partial charge in [0.05, 0.1) is 23.4 Å². The van der Waals surface area contributed by atoms with Crippen LogP contribution in [0.1, 0.15) is 54.4 Å². The number of thiazole rings is 1. The minimum atomic E-state index is 0.0285. The van der Waals surface area contributed by atoms with Gasteiger partial charge in [-0.25, -0.2) is 4.98 Å². The smallest absolute Gasteiger partial charge is 0.173 e. The number of carbonyl (C=O) groups is 1. The van der Waals surface area contributed by atoms with E-state index in [2.05, 4.69) is 30.9 Å². The molecule has 2 heterocycles. The van der Waals surface area contributed by atoms with Crippen LogP contribution in [0.4, 0.5) is 0 Å². The van der Waals surface area contributed by atoms with E-state index in [0.717, 1.165) is 28.4 Å². The highest BCUT2D eigenvalue weighted by atomic mass is 32.1. The minimum Gasteiger partial charge on any atom is -0.294 e. The molecule has 0 radical (unpaired) electrons. The molecule has 0 amide bonds. The first kappa shape index (κ1) is 14.9. The van der Waals surface area contributed by atoms with Gasteiger partial charge in [-0.1, -0.05) is 27.7 Å². The predicted molar refractivity (Wildman–Crippen MR) is 81.4 cm³/mol. The Morgan fingerprint density at radius 2 is 2.10 bits per heavy atom. The number of aryl methyl sites for hydroxylation is 2. The average molecular weight is 291 g/mol. The second-order valence-corrected chi connectivity index (χ2v) is 6.94. The quantitative estimate of drug-likeness (QED) is 0.813. The molecule has 108 valence electrons. The molecular formula is C15H21N3OS. The molecule has 0 N–H and O–H groups in total. The summed E-state index contributed by atoms with van der Waals surface area (Å²) in [6.07, 6.45) is 2.94. The van der Waals surface area contributed by atoms with Crippen molar-refractivity contribution in [3.63, 3.8) is 0 Å². The highest BCUT2D eigenvalue weighted by Gasteiger charge is 2.20. The average Bonchev–Trinajstić information content (AvgIpc) is 2.94. The van der Waals surface area contributed by atoms with Crippen LogP contribution in [0.5, 0.6) is 0 Å². The normalized spacial score (nSPS) is 11.8. The highest BCUT2D eigenvalue weighted by molar-refractivity contribution is 7.09. The summed E-state index contributed by atoms with van der Waals surface area (Å²) in [6.45, 7) is 8.40. The molecule has 2 aromatic rings. The number of carbonyl (C=O) groups excluding carboxylic acids is 1. The first-order chi connectivity index (χ1) is 9.31. The van der Waals surface area contributed by atoms with Crippen molar-refractivity contribution in [2.24, 2.45) is 7.05 Å². The highest BCUT2D eigenvalue weighted by Crippen LogP contribution is 2.24. The lowest BCUT2D eigenvalue weighted by molar-refractivity contribution is 0.0992. The van der Waals surface area contributed by atoms with Gasteiger partial charge >= 0.3 is 0 Å². The summed E-state index contributed by atoms with van der Waals surface area (Å²) in [5.41, 5.74) is 2.67.